The molecular formula is C17H22N4. The molecule has 110 valence electrons. The molecule has 4 nitrogen and oxygen atoms in total. The number of nitrogens with zero attached hydrogens (tertiary/aromatic N) is 3. The van der Waals surface area contributed by atoms with E-state index in [1.54, 1.807) is 7.05 Å². The third kappa shape index (κ3) is 4.31. The average Bonchev–Trinajstić information content (AvgIpc) is 2.50. The number of pyridine rings is 1. The summed E-state index contributed by atoms with van der Waals surface area (Å²) in [5, 5.41) is 3.36. The van der Waals surface area contributed by atoms with Crippen molar-refractivity contribution < 1.29 is 0 Å². The van der Waals surface area contributed by atoms with Crippen LogP contribution in [0.5, 0.6) is 0 Å². The Labute approximate surface area is 126 Å². The number of aliphatic imine (C=N–C) groups is 1. The van der Waals surface area contributed by atoms with E-state index in [0.29, 0.717) is 6.54 Å². The van der Waals surface area contributed by atoms with Crippen molar-refractivity contribution in [1.82, 2.24) is 15.2 Å². The van der Waals surface area contributed by atoms with Gasteiger partial charge >= 0.3 is 0 Å². The highest BCUT2D eigenvalue weighted by atomic mass is 15.3. The maximum atomic E-state index is 4.39. The summed E-state index contributed by atoms with van der Waals surface area (Å²) in [5.74, 6) is 0.865. The van der Waals surface area contributed by atoms with E-state index in [0.717, 1.165) is 18.2 Å². The topological polar surface area (TPSA) is 40.5 Å². The first-order valence-electron chi connectivity index (χ1n) is 7.07. The molecule has 4 heteroatoms. The van der Waals surface area contributed by atoms with Gasteiger partial charge in [-0.1, -0.05) is 36.4 Å². The van der Waals surface area contributed by atoms with Crippen LogP contribution >= 0.6 is 0 Å². The van der Waals surface area contributed by atoms with E-state index in [-0.39, 0.29) is 0 Å². The van der Waals surface area contributed by atoms with Crippen LogP contribution < -0.4 is 5.32 Å². The minimum absolute atomic E-state index is 0.679. The number of rotatable bonds is 4. The third-order valence-corrected chi connectivity index (χ3v) is 3.37. The lowest BCUT2D eigenvalue weighted by Gasteiger charge is -2.22. The number of aromatic nitrogens is 1. The highest BCUT2D eigenvalue weighted by Crippen LogP contribution is 2.05. The Morgan fingerprint density at radius 2 is 1.95 bits per heavy atom. The number of hydrogen-bond donors (Lipinski definition) is 1. The van der Waals surface area contributed by atoms with Gasteiger partial charge in [-0.25, -0.2) is 0 Å². The van der Waals surface area contributed by atoms with E-state index in [1.165, 1.54) is 11.1 Å². The van der Waals surface area contributed by atoms with Gasteiger partial charge in [0.1, 0.15) is 0 Å². The van der Waals surface area contributed by atoms with Crippen molar-refractivity contribution >= 4 is 5.96 Å². The molecule has 1 N–H and O–H groups in total. The summed E-state index contributed by atoms with van der Waals surface area (Å²) in [5.41, 5.74) is 3.50. The molecule has 0 aliphatic carbocycles. The molecule has 1 aromatic heterocycles. The van der Waals surface area contributed by atoms with Crippen LogP contribution in [-0.4, -0.2) is 29.9 Å². The second-order valence-electron chi connectivity index (χ2n) is 5.01. The van der Waals surface area contributed by atoms with E-state index in [1.807, 2.05) is 25.4 Å². The normalized spacial score (nSPS) is 11.3. The zero-order valence-electron chi connectivity index (χ0n) is 12.9. The van der Waals surface area contributed by atoms with Gasteiger partial charge in [-0.2, -0.15) is 0 Å². The molecular weight excluding hydrogens is 260 g/mol. The van der Waals surface area contributed by atoms with Crippen molar-refractivity contribution in [2.45, 2.75) is 20.0 Å². The van der Waals surface area contributed by atoms with Crippen molar-refractivity contribution in [3.63, 3.8) is 0 Å². The highest BCUT2D eigenvalue weighted by molar-refractivity contribution is 5.79. The molecule has 1 aromatic carbocycles. The van der Waals surface area contributed by atoms with Crippen LogP contribution in [0, 0.1) is 6.92 Å². The molecule has 0 saturated heterocycles. The Hall–Kier alpha value is -2.36. The number of guanidine groups is 1. The molecule has 0 aliphatic rings. The Kier molecular flexibility index (Phi) is 5.32. The number of nitrogens with one attached hydrogen (secondary N) is 1. The molecule has 2 rings (SSSR count). The predicted molar refractivity (Wildman–Crippen MR) is 87.1 cm³/mol. The fourth-order valence-electron chi connectivity index (χ4n) is 2.18. The van der Waals surface area contributed by atoms with Crippen LogP contribution in [0.15, 0.2) is 53.7 Å². The van der Waals surface area contributed by atoms with Crippen LogP contribution in [0.3, 0.4) is 0 Å². The van der Waals surface area contributed by atoms with Gasteiger partial charge in [0.15, 0.2) is 5.96 Å². The smallest absolute Gasteiger partial charge is 0.194 e. The molecule has 0 spiro atoms. The Balaban J connectivity index is 1.95. The lowest BCUT2D eigenvalue weighted by molar-refractivity contribution is 0.476. The van der Waals surface area contributed by atoms with E-state index in [2.05, 4.69) is 57.4 Å². The third-order valence-electron chi connectivity index (χ3n) is 3.37. The van der Waals surface area contributed by atoms with Crippen LogP contribution in [0.4, 0.5) is 0 Å². The van der Waals surface area contributed by atoms with Crippen molar-refractivity contribution in [1.29, 1.82) is 0 Å². The zero-order chi connectivity index (χ0) is 15.1. The summed E-state index contributed by atoms with van der Waals surface area (Å²) in [6.07, 6.45) is 1.82. The van der Waals surface area contributed by atoms with Gasteiger partial charge in [0.05, 0.1) is 12.2 Å². The predicted octanol–water partition coefficient (Wildman–Crippen LogP) is 2.60. The maximum Gasteiger partial charge on any atom is 0.194 e. The molecule has 0 radical (unpaired) electrons. The summed E-state index contributed by atoms with van der Waals surface area (Å²) in [6, 6.07) is 14.4. The van der Waals surface area contributed by atoms with Gasteiger partial charge in [-0.05, 0) is 24.1 Å². The summed E-state index contributed by atoms with van der Waals surface area (Å²) in [4.78, 5) is 10.8. The molecule has 0 atom stereocenters. The van der Waals surface area contributed by atoms with Gasteiger partial charge in [-0.15, -0.1) is 0 Å². The fraction of sp³-hybridized carbons (Fsp3) is 0.294. The number of benzene rings is 1. The Morgan fingerprint density at radius 3 is 2.62 bits per heavy atom. The van der Waals surface area contributed by atoms with Gasteiger partial charge < -0.3 is 10.2 Å². The molecule has 2 aromatic rings. The quantitative estimate of drug-likeness (QED) is 0.692. The maximum absolute atomic E-state index is 4.39. The summed E-state index contributed by atoms with van der Waals surface area (Å²) >= 11 is 0. The summed E-state index contributed by atoms with van der Waals surface area (Å²) in [7, 11) is 3.84. The van der Waals surface area contributed by atoms with E-state index < -0.39 is 0 Å². The molecule has 0 bridgehead atoms. The largest absolute Gasteiger partial charge is 0.351 e. The van der Waals surface area contributed by atoms with Crippen molar-refractivity contribution in [2.24, 2.45) is 4.99 Å². The van der Waals surface area contributed by atoms with Crippen LogP contribution in [0.2, 0.25) is 0 Å². The molecule has 0 saturated carbocycles. The first-order chi connectivity index (χ1) is 10.2. The summed E-state index contributed by atoms with van der Waals surface area (Å²) < 4.78 is 0. The average molecular weight is 282 g/mol. The second kappa shape index (κ2) is 7.43. The second-order valence-corrected chi connectivity index (χ2v) is 5.01. The molecule has 0 aliphatic heterocycles. The van der Waals surface area contributed by atoms with Crippen molar-refractivity contribution in [2.75, 3.05) is 14.1 Å². The lowest BCUT2D eigenvalue weighted by Crippen LogP contribution is -2.38. The molecule has 0 fully saturated rings. The van der Waals surface area contributed by atoms with E-state index in [9.17, 15) is 0 Å². The van der Waals surface area contributed by atoms with Gasteiger partial charge in [-0.3, -0.25) is 9.98 Å². The number of aryl methyl sites for hydroxylation is 1. The minimum Gasteiger partial charge on any atom is -0.351 e. The van der Waals surface area contributed by atoms with Crippen molar-refractivity contribution in [3.05, 3.63) is 65.5 Å². The molecule has 1 heterocycles. The molecule has 0 unspecified atom stereocenters. The Bertz CT molecular complexity index is 593. The fourth-order valence-corrected chi connectivity index (χ4v) is 2.18. The van der Waals surface area contributed by atoms with Crippen LogP contribution in [-0.2, 0) is 13.1 Å². The zero-order valence-corrected chi connectivity index (χ0v) is 12.9. The SMILES string of the molecule is CN=C(NCc1ncccc1C)N(C)Cc1ccccc1. The Morgan fingerprint density at radius 1 is 1.19 bits per heavy atom. The minimum atomic E-state index is 0.679. The molecule has 21 heavy (non-hydrogen) atoms. The van der Waals surface area contributed by atoms with E-state index in [4.69, 9.17) is 0 Å². The van der Waals surface area contributed by atoms with Crippen molar-refractivity contribution in [3.8, 4) is 0 Å². The number of hydrogen-bond acceptors (Lipinski definition) is 2. The monoisotopic (exact) mass is 282 g/mol. The van der Waals surface area contributed by atoms with Crippen LogP contribution in [0.1, 0.15) is 16.8 Å². The first-order valence-corrected chi connectivity index (χ1v) is 7.07. The van der Waals surface area contributed by atoms with Gasteiger partial charge in [0, 0.05) is 26.8 Å². The standard InChI is InChI=1S/C17H22N4/c1-14-8-7-11-19-16(14)12-20-17(18-2)21(3)13-15-9-5-4-6-10-15/h4-11H,12-13H2,1-3H3,(H,18,20). The van der Waals surface area contributed by atoms with Gasteiger partial charge in [0.25, 0.3) is 0 Å². The summed E-state index contributed by atoms with van der Waals surface area (Å²) in [6.45, 7) is 3.57. The van der Waals surface area contributed by atoms with E-state index >= 15 is 0 Å². The van der Waals surface area contributed by atoms with Gasteiger partial charge in [0.2, 0.25) is 0 Å². The lowest BCUT2D eigenvalue weighted by atomic mass is 10.2. The molecule has 0 amide bonds. The van der Waals surface area contributed by atoms with Crippen LogP contribution in [0.25, 0.3) is 0 Å². The first kappa shape index (κ1) is 15.0. The highest BCUT2D eigenvalue weighted by Gasteiger charge is 2.07.